The number of ether oxygens (including phenoxy) is 1. The fraction of sp³-hybridized carbons (Fsp3) is 0.444. The van der Waals surface area contributed by atoms with Crippen LogP contribution in [0.1, 0.15) is 56.6 Å². The van der Waals surface area contributed by atoms with Crippen molar-refractivity contribution >= 4 is 18.0 Å². The Hall–Kier alpha value is -3.35. The molecule has 0 aliphatic heterocycles. The van der Waals surface area contributed by atoms with Crippen LogP contribution in [0.3, 0.4) is 0 Å². The monoisotopic (exact) mass is 464 g/mol. The molecule has 0 heterocycles. The first-order valence-corrected chi connectivity index (χ1v) is 12.0. The number of alkyl carbamates (subject to hydrolysis) is 1. The van der Waals surface area contributed by atoms with Gasteiger partial charge >= 0.3 is 12.1 Å². The van der Waals surface area contributed by atoms with E-state index in [1.807, 2.05) is 38.1 Å². The van der Waals surface area contributed by atoms with Crippen molar-refractivity contribution in [3.8, 4) is 11.1 Å². The minimum absolute atomic E-state index is 0.0666. The lowest BCUT2D eigenvalue weighted by Gasteiger charge is -2.31. The fourth-order valence-corrected chi connectivity index (χ4v) is 5.17. The van der Waals surface area contributed by atoms with Crippen LogP contribution in [-0.4, -0.2) is 41.8 Å². The molecule has 0 radical (unpaired) electrons. The molecule has 7 nitrogen and oxygen atoms in total. The summed E-state index contributed by atoms with van der Waals surface area (Å²) in [7, 11) is 0. The number of carbonyl (C=O) groups is 3. The predicted octanol–water partition coefficient (Wildman–Crippen LogP) is 4.31. The average Bonchev–Trinajstić information content (AvgIpc) is 3.15. The molecule has 1 fully saturated rings. The number of carbonyl (C=O) groups excluding carboxylic acids is 2. The van der Waals surface area contributed by atoms with Crippen LogP contribution < -0.4 is 10.6 Å². The predicted molar refractivity (Wildman–Crippen MR) is 128 cm³/mol. The lowest BCUT2D eigenvalue weighted by molar-refractivity contribution is -0.144. The standard InChI is InChI=1S/C27H32N2O5/c1-16(2)24(25(30)28-23-14-8-7-13-21(23)26(31)32)29-27(33)34-15-22-19-11-5-3-9-17(19)18-10-4-6-12-20(18)22/h3-6,9-12,16,21-24H,7-8,13-15H2,1-2H3,(H,28,30)(H,29,33)(H,31,32)/t21-,23+,24?/m1/s1. The maximum absolute atomic E-state index is 13.0. The van der Waals surface area contributed by atoms with Crippen molar-refractivity contribution in [1.29, 1.82) is 0 Å². The van der Waals surface area contributed by atoms with Crippen molar-refractivity contribution in [2.24, 2.45) is 11.8 Å². The molecule has 0 spiro atoms. The number of carboxylic acid groups (broad SMARTS) is 1. The molecule has 2 aliphatic carbocycles. The first-order chi connectivity index (χ1) is 16.4. The molecule has 2 aromatic carbocycles. The number of carboxylic acids is 1. The highest BCUT2D eigenvalue weighted by Gasteiger charge is 2.35. The van der Waals surface area contributed by atoms with Crippen LogP contribution in [0.4, 0.5) is 4.79 Å². The Balaban J connectivity index is 1.39. The van der Waals surface area contributed by atoms with Crippen molar-refractivity contribution in [2.75, 3.05) is 6.61 Å². The number of aliphatic carboxylic acids is 1. The molecule has 1 unspecified atom stereocenters. The van der Waals surface area contributed by atoms with Gasteiger partial charge in [0, 0.05) is 12.0 Å². The largest absolute Gasteiger partial charge is 0.481 e. The van der Waals surface area contributed by atoms with Crippen molar-refractivity contribution in [3.63, 3.8) is 0 Å². The molecule has 2 amide bonds. The van der Waals surface area contributed by atoms with Gasteiger partial charge in [0.25, 0.3) is 0 Å². The van der Waals surface area contributed by atoms with E-state index in [0.29, 0.717) is 12.8 Å². The van der Waals surface area contributed by atoms with Crippen LogP contribution in [-0.2, 0) is 14.3 Å². The zero-order valence-electron chi connectivity index (χ0n) is 19.6. The summed E-state index contributed by atoms with van der Waals surface area (Å²) in [6, 6.07) is 15.0. The summed E-state index contributed by atoms with van der Waals surface area (Å²) in [5.41, 5.74) is 4.53. The molecule has 2 aromatic rings. The average molecular weight is 465 g/mol. The van der Waals surface area contributed by atoms with Gasteiger partial charge in [0.15, 0.2) is 0 Å². The number of nitrogens with one attached hydrogen (secondary N) is 2. The molecule has 0 aromatic heterocycles. The maximum Gasteiger partial charge on any atom is 0.407 e. The SMILES string of the molecule is CC(C)C(NC(=O)OCC1c2ccccc2-c2ccccc21)C(=O)N[C@H]1CCCC[C@H]1C(=O)O. The van der Waals surface area contributed by atoms with Gasteiger partial charge in [0.05, 0.1) is 5.92 Å². The smallest absolute Gasteiger partial charge is 0.407 e. The number of amides is 2. The minimum Gasteiger partial charge on any atom is -0.481 e. The van der Waals surface area contributed by atoms with Crippen LogP contribution in [0.25, 0.3) is 11.1 Å². The molecule has 1 saturated carbocycles. The first kappa shape index (κ1) is 23.8. The molecular formula is C27H32N2O5. The quantitative estimate of drug-likeness (QED) is 0.566. The lowest BCUT2D eigenvalue weighted by Crippen LogP contribution is -2.54. The zero-order chi connectivity index (χ0) is 24.2. The third kappa shape index (κ3) is 4.93. The highest BCUT2D eigenvalue weighted by atomic mass is 16.5. The summed E-state index contributed by atoms with van der Waals surface area (Å²) < 4.78 is 5.60. The molecule has 180 valence electrons. The van der Waals surface area contributed by atoms with E-state index in [0.717, 1.165) is 35.1 Å². The van der Waals surface area contributed by atoms with Crippen LogP contribution in [0.15, 0.2) is 48.5 Å². The summed E-state index contributed by atoms with van der Waals surface area (Å²) in [6.45, 7) is 3.84. The van der Waals surface area contributed by atoms with E-state index in [-0.39, 0.29) is 24.3 Å². The summed E-state index contributed by atoms with van der Waals surface area (Å²) in [5, 5.41) is 15.1. The lowest BCUT2D eigenvalue weighted by atomic mass is 9.84. The Labute approximate surface area is 199 Å². The number of fused-ring (bicyclic) bond motifs is 3. The summed E-state index contributed by atoms with van der Waals surface area (Å²) in [4.78, 5) is 37.2. The highest BCUT2D eigenvalue weighted by Crippen LogP contribution is 2.44. The zero-order valence-corrected chi connectivity index (χ0v) is 19.6. The number of benzene rings is 2. The second kappa shape index (κ2) is 10.3. The van der Waals surface area contributed by atoms with Gasteiger partial charge in [-0.2, -0.15) is 0 Å². The molecule has 3 atom stereocenters. The van der Waals surface area contributed by atoms with Crippen LogP contribution in [0.5, 0.6) is 0 Å². The molecular weight excluding hydrogens is 432 g/mol. The van der Waals surface area contributed by atoms with E-state index in [4.69, 9.17) is 4.74 Å². The van der Waals surface area contributed by atoms with Crippen LogP contribution in [0.2, 0.25) is 0 Å². The molecule has 4 rings (SSSR count). The third-order valence-electron chi connectivity index (χ3n) is 6.98. The van der Waals surface area contributed by atoms with Crippen LogP contribution >= 0.6 is 0 Å². The topological polar surface area (TPSA) is 105 Å². The van der Waals surface area contributed by atoms with Crippen LogP contribution in [0, 0.1) is 11.8 Å². The van der Waals surface area contributed by atoms with E-state index in [1.54, 1.807) is 0 Å². The summed E-state index contributed by atoms with van der Waals surface area (Å²) in [5.74, 6) is -2.12. The van der Waals surface area contributed by atoms with E-state index >= 15 is 0 Å². The van der Waals surface area contributed by atoms with Gasteiger partial charge in [0.1, 0.15) is 12.6 Å². The second-order valence-corrected chi connectivity index (χ2v) is 9.54. The second-order valence-electron chi connectivity index (χ2n) is 9.54. The van der Waals surface area contributed by atoms with Gasteiger partial charge in [-0.25, -0.2) is 4.79 Å². The molecule has 3 N–H and O–H groups in total. The number of hydrogen-bond acceptors (Lipinski definition) is 4. The van der Waals surface area contributed by atoms with Gasteiger partial charge in [-0.1, -0.05) is 75.2 Å². The normalized spacial score (nSPS) is 20.2. The minimum atomic E-state index is -0.893. The van der Waals surface area contributed by atoms with Gasteiger partial charge in [0.2, 0.25) is 5.91 Å². The van der Waals surface area contributed by atoms with E-state index in [2.05, 4.69) is 34.9 Å². The highest BCUT2D eigenvalue weighted by molar-refractivity contribution is 5.87. The van der Waals surface area contributed by atoms with Crippen molar-refractivity contribution in [1.82, 2.24) is 10.6 Å². The third-order valence-corrected chi connectivity index (χ3v) is 6.98. The Morgan fingerprint density at radius 2 is 1.56 bits per heavy atom. The molecule has 0 bridgehead atoms. The van der Waals surface area contributed by atoms with E-state index < -0.39 is 30.1 Å². The Morgan fingerprint density at radius 3 is 2.15 bits per heavy atom. The Bertz CT molecular complexity index is 1020. The Kier molecular flexibility index (Phi) is 7.20. The number of hydrogen-bond donors (Lipinski definition) is 3. The van der Waals surface area contributed by atoms with Gasteiger partial charge in [-0.05, 0) is 41.0 Å². The summed E-state index contributed by atoms with van der Waals surface area (Å²) >= 11 is 0. The molecule has 7 heteroatoms. The van der Waals surface area contributed by atoms with Crippen molar-refractivity contribution in [3.05, 3.63) is 59.7 Å². The Morgan fingerprint density at radius 1 is 0.971 bits per heavy atom. The van der Waals surface area contributed by atoms with E-state index in [1.165, 1.54) is 0 Å². The van der Waals surface area contributed by atoms with Gasteiger partial charge < -0.3 is 20.5 Å². The van der Waals surface area contributed by atoms with Crippen molar-refractivity contribution < 1.29 is 24.2 Å². The maximum atomic E-state index is 13.0. The van der Waals surface area contributed by atoms with Crippen molar-refractivity contribution in [2.45, 2.75) is 57.5 Å². The number of rotatable bonds is 7. The molecule has 0 saturated heterocycles. The summed E-state index contributed by atoms with van der Waals surface area (Å²) in [6.07, 6.45) is 2.23. The van der Waals surface area contributed by atoms with E-state index in [9.17, 15) is 19.5 Å². The fourth-order valence-electron chi connectivity index (χ4n) is 5.17. The first-order valence-electron chi connectivity index (χ1n) is 12.0. The van der Waals surface area contributed by atoms with Gasteiger partial charge in [-0.3, -0.25) is 9.59 Å². The molecule has 34 heavy (non-hydrogen) atoms. The molecule has 2 aliphatic rings. The van der Waals surface area contributed by atoms with Gasteiger partial charge in [-0.15, -0.1) is 0 Å².